The normalized spacial score (nSPS) is 16.8. The van der Waals surface area contributed by atoms with Gasteiger partial charge in [-0.25, -0.2) is 0 Å². The van der Waals surface area contributed by atoms with Crippen LogP contribution in [0.1, 0.15) is 16.7 Å². The van der Waals surface area contributed by atoms with Crippen molar-refractivity contribution in [2.45, 2.75) is 14.8 Å². The molecular formula is C28H26Cl2SiZr. The molecular weight excluding hydrogens is 527 g/mol. The molecule has 3 aromatic rings. The van der Waals surface area contributed by atoms with E-state index in [9.17, 15) is 0 Å². The minimum atomic E-state index is -0.517. The fraction of sp³-hybridized carbons (Fsp3) is 0.143. The Balaban J connectivity index is 0.000000550. The molecule has 0 N–H and O–H groups in total. The molecule has 0 saturated heterocycles. The van der Waals surface area contributed by atoms with E-state index in [2.05, 4.69) is 106 Å². The van der Waals surface area contributed by atoms with Gasteiger partial charge in [-0.15, -0.1) is 0 Å². The zero-order valence-electron chi connectivity index (χ0n) is 18.4. The summed E-state index contributed by atoms with van der Waals surface area (Å²) in [5, 5.41) is 4.66. The minimum absolute atomic E-state index is 0. The Bertz CT molecular complexity index is 1250. The van der Waals surface area contributed by atoms with Crippen LogP contribution in [0.3, 0.4) is 0 Å². The van der Waals surface area contributed by atoms with Gasteiger partial charge in [-0.2, -0.15) is 0 Å². The predicted molar refractivity (Wildman–Crippen MR) is 128 cm³/mol. The van der Waals surface area contributed by atoms with E-state index in [0.717, 1.165) is 0 Å². The average Bonchev–Trinajstić information content (AvgIpc) is 3.29. The second-order valence-electron chi connectivity index (χ2n) is 8.18. The standard InChI is InChI=1S/C26H20Si.2CH3.2ClH.Zr/c1-5-13-21-17(9-1)18-10-2-6-14-22(18)25(21)27-26-23-15-7-3-11-19(23)20-12-4-8-16-24(20)26;;;;;/h1-16,21,26H,27H2;2*1H3;2*1H;/q;;;;;+2/p-2. The fourth-order valence-corrected chi connectivity index (χ4v) is 7.95. The first-order valence-electron chi connectivity index (χ1n) is 10.8. The molecule has 1 unspecified atom stereocenters. The van der Waals surface area contributed by atoms with Crippen molar-refractivity contribution in [1.82, 2.24) is 0 Å². The third-order valence-electron chi connectivity index (χ3n) is 6.37. The van der Waals surface area contributed by atoms with Crippen LogP contribution in [0.15, 0.2) is 97.1 Å². The van der Waals surface area contributed by atoms with Gasteiger partial charge >= 0.3 is 32.5 Å². The van der Waals surface area contributed by atoms with E-state index in [-0.39, 0.29) is 48.0 Å². The van der Waals surface area contributed by atoms with Gasteiger partial charge in [-0.3, -0.25) is 0 Å². The van der Waals surface area contributed by atoms with Gasteiger partial charge in [0.05, 0.1) is 9.52 Å². The largest absolute Gasteiger partial charge is 1.00 e. The molecule has 0 bridgehead atoms. The summed E-state index contributed by atoms with van der Waals surface area (Å²) >= 11 is 0.230. The van der Waals surface area contributed by atoms with Gasteiger partial charge in [0.2, 0.25) is 0 Å². The summed E-state index contributed by atoms with van der Waals surface area (Å²) < 4.78 is 4.59. The average molecular weight is 553 g/mol. The molecule has 0 fully saturated rings. The Morgan fingerprint density at radius 2 is 1.22 bits per heavy atom. The Morgan fingerprint density at radius 1 is 0.688 bits per heavy atom. The van der Waals surface area contributed by atoms with Crippen molar-refractivity contribution in [3.63, 3.8) is 0 Å². The molecule has 6 rings (SSSR count). The zero-order valence-corrected chi connectivity index (χ0v) is 23.7. The molecule has 0 radical (unpaired) electrons. The third-order valence-corrected chi connectivity index (χ3v) is 8.92. The van der Waals surface area contributed by atoms with E-state index in [4.69, 9.17) is 0 Å². The Labute approximate surface area is 217 Å². The van der Waals surface area contributed by atoms with Crippen molar-refractivity contribution in [1.29, 1.82) is 0 Å². The van der Waals surface area contributed by atoms with E-state index >= 15 is 0 Å². The third kappa shape index (κ3) is 4.36. The van der Waals surface area contributed by atoms with Crippen LogP contribution in [0.4, 0.5) is 0 Å². The second kappa shape index (κ2) is 11.1. The molecule has 0 spiro atoms. The zero-order chi connectivity index (χ0) is 20.5. The molecule has 0 nitrogen and oxygen atoms in total. The smallest absolute Gasteiger partial charge is 1.00 e. The van der Waals surface area contributed by atoms with Crippen molar-refractivity contribution in [3.05, 3.63) is 119 Å². The number of hydrogen-bond acceptors (Lipinski definition) is 0. The summed E-state index contributed by atoms with van der Waals surface area (Å²) in [4.78, 5) is 0. The SMILES string of the molecule is C1=CC2=c3ccccc3=C([SiH2]C3c4ccccc4-c4ccccc43)C2C=C1.[CH3][Zr+2][CH3].[Cl-].[Cl-]. The summed E-state index contributed by atoms with van der Waals surface area (Å²) in [7, 11) is -0.517. The van der Waals surface area contributed by atoms with Crippen LogP contribution >= 0.6 is 0 Å². The number of hydrogen-bond donors (Lipinski definition) is 0. The Morgan fingerprint density at radius 3 is 1.84 bits per heavy atom. The maximum absolute atomic E-state index is 2.41. The molecule has 3 aliphatic carbocycles. The molecule has 160 valence electrons. The minimum Gasteiger partial charge on any atom is -1.00 e. The van der Waals surface area contributed by atoms with Gasteiger partial charge in [0, 0.05) is 11.5 Å². The number of fused-ring (bicyclic) bond motifs is 5. The van der Waals surface area contributed by atoms with E-state index in [0.29, 0.717) is 11.5 Å². The summed E-state index contributed by atoms with van der Waals surface area (Å²) in [5.74, 6) is 0.485. The van der Waals surface area contributed by atoms with Gasteiger partial charge in [0.15, 0.2) is 0 Å². The fourth-order valence-electron chi connectivity index (χ4n) is 5.22. The maximum atomic E-state index is 2.41. The molecule has 0 amide bonds. The first-order chi connectivity index (χ1) is 14.8. The van der Waals surface area contributed by atoms with Crippen LogP contribution in [0.2, 0.25) is 9.26 Å². The van der Waals surface area contributed by atoms with E-state index in [1.54, 1.807) is 16.3 Å². The first kappa shape index (κ1) is 25.2. The van der Waals surface area contributed by atoms with Crippen molar-refractivity contribution in [3.8, 4) is 11.1 Å². The van der Waals surface area contributed by atoms with Gasteiger partial charge in [0.25, 0.3) is 0 Å². The van der Waals surface area contributed by atoms with Crippen LogP contribution in [-0.4, -0.2) is 9.52 Å². The first-order valence-corrected chi connectivity index (χ1v) is 17.2. The summed E-state index contributed by atoms with van der Waals surface area (Å²) in [6, 6.07) is 27.1. The van der Waals surface area contributed by atoms with Crippen LogP contribution in [-0.2, 0) is 23.2 Å². The quantitative estimate of drug-likeness (QED) is 0.351. The van der Waals surface area contributed by atoms with Crippen molar-refractivity contribution in [2.75, 3.05) is 0 Å². The van der Waals surface area contributed by atoms with E-state index in [1.165, 1.54) is 27.1 Å². The molecule has 0 heterocycles. The van der Waals surface area contributed by atoms with Crippen LogP contribution < -0.4 is 35.3 Å². The molecule has 3 aromatic carbocycles. The molecule has 1 atom stereocenters. The van der Waals surface area contributed by atoms with Crippen molar-refractivity contribution >= 4 is 20.3 Å². The van der Waals surface area contributed by atoms with Crippen molar-refractivity contribution in [2.24, 2.45) is 5.92 Å². The van der Waals surface area contributed by atoms with Crippen LogP contribution in [0, 0.1) is 5.92 Å². The maximum Gasteiger partial charge on any atom is -1.00 e. The van der Waals surface area contributed by atoms with Gasteiger partial charge in [-0.1, -0.05) is 102 Å². The second-order valence-corrected chi connectivity index (χ2v) is 12.6. The number of halogens is 2. The van der Waals surface area contributed by atoms with E-state index in [1.807, 2.05) is 0 Å². The number of allylic oxidation sites excluding steroid dienone is 4. The Kier molecular flexibility index (Phi) is 8.75. The summed E-state index contributed by atoms with van der Waals surface area (Å²) in [5.41, 5.74) is 8.05. The number of rotatable bonds is 2. The molecule has 0 aliphatic heterocycles. The van der Waals surface area contributed by atoms with Gasteiger partial charge in [-0.05, 0) is 38.3 Å². The summed E-state index contributed by atoms with van der Waals surface area (Å²) in [6.07, 6.45) is 9.14. The topological polar surface area (TPSA) is 0 Å². The van der Waals surface area contributed by atoms with E-state index < -0.39 is 9.52 Å². The predicted octanol–water partition coefficient (Wildman–Crippen LogP) is -1.19. The van der Waals surface area contributed by atoms with Crippen molar-refractivity contribution < 1.29 is 48.0 Å². The molecule has 32 heavy (non-hydrogen) atoms. The molecule has 0 saturated carbocycles. The molecule has 0 aromatic heterocycles. The molecule has 4 heteroatoms. The number of benzene rings is 3. The monoisotopic (exact) mass is 550 g/mol. The Hall–Kier alpha value is -1.44. The molecule has 3 aliphatic rings. The van der Waals surface area contributed by atoms with Crippen LogP contribution in [0.5, 0.6) is 0 Å². The van der Waals surface area contributed by atoms with Gasteiger partial charge < -0.3 is 24.8 Å². The van der Waals surface area contributed by atoms with Crippen LogP contribution in [0.25, 0.3) is 21.9 Å². The van der Waals surface area contributed by atoms with Gasteiger partial charge in [0.1, 0.15) is 0 Å². The summed E-state index contributed by atoms with van der Waals surface area (Å²) in [6.45, 7) is 0.